The largest absolute Gasteiger partial charge is 0.377 e. The molecule has 0 aliphatic carbocycles. The van der Waals surface area contributed by atoms with Gasteiger partial charge < -0.3 is 15.0 Å². The van der Waals surface area contributed by atoms with Crippen LogP contribution in [0.2, 0.25) is 0 Å². The van der Waals surface area contributed by atoms with Crippen molar-refractivity contribution in [1.29, 1.82) is 0 Å². The van der Waals surface area contributed by atoms with E-state index in [1.807, 2.05) is 0 Å². The fourth-order valence-electron chi connectivity index (χ4n) is 3.31. The van der Waals surface area contributed by atoms with Gasteiger partial charge in [0.25, 0.3) is 0 Å². The summed E-state index contributed by atoms with van der Waals surface area (Å²) in [6, 6.07) is 0.633. The van der Waals surface area contributed by atoms with Gasteiger partial charge in [0.05, 0.1) is 6.10 Å². The van der Waals surface area contributed by atoms with Crippen molar-refractivity contribution in [2.24, 2.45) is 5.92 Å². The van der Waals surface area contributed by atoms with E-state index in [1.165, 1.54) is 51.7 Å². The van der Waals surface area contributed by atoms with E-state index in [0.717, 1.165) is 19.1 Å². The summed E-state index contributed by atoms with van der Waals surface area (Å²) < 4.78 is 5.68. The van der Waals surface area contributed by atoms with Crippen molar-refractivity contribution in [3.05, 3.63) is 0 Å². The third-order valence-electron chi connectivity index (χ3n) is 4.48. The van der Waals surface area contributed by atoms with Crippen LogP contribution in [0.1, 0.15) is 46.0 Å². The first-order valence-corrected chi connectivity index (χ1v) is 7.87. The molecule has 0 saturated carbocycles. The zero-order valence-corrected chi connectivity index (χ0v) is 12.2. The molecule has 106 valence electrons. The summed E-state index contributed by atoms with van der Waals surface area (Å²) in [5.74, 6) is 0.826. The fourth-order valence-corrected chi connectivity index (χ4v) is 3.31. The number of nitrogens with zero attached hydrogens (tertiary/aromatic N) is 1. The molecule has 0 aromatic rings. The van der Waals surface area contributed by atoms with Gasteiger partial charge in [0.1, 0.15) is 0 Å². The highest BCUT2D eigenvalue weighted by Gasteiger charge is 2.25. The number of rotatable bonds is 6. The second-order valence-corrected chi connectivity index (χ2v) is 6.03. The van der Waals surface area contributed by atoms with E-state index >= 15 is 0 Å². The SMILES string of the molecule is CCCN1CCCC(C(C)NCC2CCCO2)C1. The van der Waals surface area contributed by atoms with E-state index in [0.29, 0.717) is 12.1 Å². The molecule has 3 heteroatoms. The van der Waals surface area contributed by atoms with Crippen LogP contribution in [-0.4, -0.2) is 49.8 Å². The lowest BCUT2D eigenvalue weighted by Gasteiger charge is -2.36. The molecular weight excluding hydrogens is 224 g/mol. The molecule has 2 saturated heterocycles. The second-order valence-electron chi connectivity index (χ2n) is 6.03. The molecule has 0 aromatic heterocycles. The van der Waals surface area contributed by atoms with Crippen molar-refractivity contribution in [3.63, 3.8) is 0 Å². The molecule has 2 rings (SSSR count). The standard InChI is InChI=1S/C15H30N2O/c1-3-8-17-9-4-6-14(12-17)13(2)16-11-15-7-5-10-18-15/h13-16H,3-12H2,1-2H3. The maximum absolute atomic E-state index is 5.68. The Morgan fingerprint density at radius 2 is 2.22 bits per heavy atom. The minimum Gasteiger partial charge on any atom is -0.377 e. The van der Waals surface area contributed by atoms with Crippen molar-refractivity contribution in [2.75, 3.05) is 32.8 Å². The molecule has 2 aliphatic rings. The summed E-state index contributed by atoms with van der Waals surface area (Å²) in [6.45, 7) is 10.5. The summed E-state index contributed by atoms with van der Waals surface area (Å²) in [5.41, 5.74) is 0. The number of piperidine rings is 1. The van der Waals surface area contributed by atoms with Gasteiger partial charge >= 0.3 is 0 Å². The van der Waals surface area contributed by atoms with E-state index in [-0.39, 0.29) is 0 Å². The average Bonchev–Trinajstić information content (AvgIpc) is 2.90. The molecule has 3 unspecified atom stereocenters. The van der Waals surface area contributed by atoms with Crippen LogP contribution in [0.4, 0.5) is 0 Å². The predicted octanol–water partition coefficient (Wildman–Crippen LogP) is 2.27. The van der Waals surface area contributed by atoms with Crippen LogP contribution in [0.15, 0.2) is 0 Å². The van der Waals surface area contributed by atoms with Gasteiger partial charge in [0.15, 0.2) is 0 Å². The van der Waals surface area contributed by atoms with Crippen molar-refractivity contribution in [3.8, 4) is 0 Å². The lowest BCUT2D eigenvalue weighted by atomic mass is 9.91. The Hall–Kier alpha value is -0.120. The van der Waals surface area contributed by atoms with E-state index in [2.05, 4.69) is 24.1 Å². The molecule has 18 heavy (non-hydrogen) atoms. The molecule has 2 aliphatic heterocycles. The maximum Gasteiger partial charge on any atom is 0.0700 e. The van der Waals surface area contributed by atoms with Gasteiger partial charge in [0, 0.05) is 25.7 Å². The Balaban J connectivity index is 1.68. The number of likely N-dealkylation sites (tertiary alicyclic amines) is 1. The Morgan fingerprint density at radius 3 is 2.94 bits per heavy atom. The molecule has 3 atom stereocenters. The van der Waals surface area contributed by atoms with Crippen molar-refractivity contribution in [1.82, 2.24) is 10.2 Å². The topological polar surface area (TPSA) is 24.5 Å². The molecule has 1 N–H and O–H groups in total. The van der Waals surface area contributed by atoms with Crippen LogP contribution >= 0.6 is 0 Å². The van der Waals surface area contributed by atoms with E-state index in [4.69, 9.17) is 4.74 Å². The second kappa shape index (κ2) is 7.46. The van der Waals surface area contributed by atoms with Crippen LogP contribution < -0.4 is 5.32 Å². The fraction of sp³-hybridized carbons (Fsp3) is 1.00. The van der Waals surface area contributed by atoms with Crippen LogP contribution in [0.5, 0.6) is 0 Å². The van der Waals surface area contributed by atoms with Crippen molar-refractivity contribution >= 4 is 0 Å². The molecule has 2 heterocycles. The lowest BCUT2D eigenvalue weighted by Crippen LogP contribution is -2.46. The first-order valence-electron chi connectivity index (χ1n) is 7.87. The number of nitrogens with one attached hydrogen (secondary N) is 1. The highest BCUT2D eigenvalue weighted by atomic mass is 16.5. The summed E-state index contributed by atoms with van der Waals surface area (Å²) in [4.78, 5) is 2.64. The average molecular weight is 254 g/mol. The highest BCUT2D eigenvalue weighted by Crippen LogP contribution is 2.20. The minimum atomic E-state index is 0.475. The molecule has 3 nitrogen and oxygen atoms in total. The van der Waals surface area contributed by atoms with E-state index < -0.39 is 0 Å². The summed E-state index contributed by atoms with van der Waals surface area (Å²) >= 11 is 0. The maximum atomic E-state index is 5.68. The first-order chi connectivity index (χ1) is 8.79. The Kier molecular flexibility index (Phi) is 5.93. The van der Waals surface area contributed by atoms with Gasteiger partial charge in [-0.3, -0.25) is 0 Å². The van der Waals surface area contributed by atoms with Gasteiger partial charge in [-0.1, -0.05) is 6.92 Å². The first kappa shape index (κ1) is 14.3. The van der Waals surface area contributed by atoms with Crippen LogP contribution in [-0.2, 0) is 4.74 Å². The predicted molar refractivity (Wildman–Crippen MR) is 75.9 cm³/mol. The molecule has 0 radical (unpaired) electrons. The smallest absolute Gasteiger partial charge is 0.0700 e. The van der Waals surface area contributed by atoms with Gasteiger partial charge in [-0.05, 0) is 58.0 Å². The molecule has 0 aromatic carbocycles. The lowest BCUT2D eigenvalue weighted by molar-refractivity contribution is 0.0986. The Bertz CT molecular complexity index is 227. The highest BCUT2D eigenvalue weighted by molar-refractivity contribution is 4.81. The van der Waals surface area contributed by atoms with Gasteiger partial charge in [-0.15, -0.1) is 0 Å². The van der Waals surface area contributed by atoms with E-state index in [1.54, 1.807) is 0 Å². The number of hydrogen-bond donors (Lipinski definition) is 1. The zero-order chi connectivity index (χ0) is 12.8. The molecule has 2 fully saturated rings. The Morgan fingerprint density at radius 1 is 1.33 bits per heavy atom. The molecule has 0 bridgehead atoms. The summed E-state index contributed by atoms with van der Waals surface area (Å²) in [6.07, 6.45) is 7.00. The Labute approximate surface area is 112 Å². The molecular formula is C15H30N2O. The van der Waals surface area contributed by atoms with Gasteiger partial charge in [-0.25, -0.2) is 0 Å². The number of ether oxygens (including phenoxy) is 1. The number of hydrogen-bond acceptors (Lipinski definition) is 3. The van der Waals surface area contributed by atoms with Gasteiger partial charge in [-0.2, -0.15) is 0 Å². The summed E-state index contributed by atoms with van der Waals surface area (Å²) in [5, 5.41) is 3.71. The van der Waals surface area contributed by atoms with Crippen LogP contribution in [0.3, 0.4) is 0 Å². The van der Waals surface area contributed by atoms with E-state index in [9.17, 15) is 0 Å². The van der Waals surface area contributed by atoms with Crippen molar-refractivity contribution in [2.45, 2.75) is 58.1 Å². The van der Waals surface area contributed by atoms with Gasteiger partial charge in [0.2, 0.25) is 0 Å². The quantitative estimate of drug-likeness (QED) is 0.787. The third-order valence-corrected chi connectivity index (χ3v) is 4.48. The van der Waals surface area contributed by atoms with Crippen molar-refractivity contribution < 1.29 is 4.74 Å². The zero-order valence-electron chi connectivity index (χ0n) is 12.2. The summed E-state index contributed by atoms with van der Waals surface area (Å²) in [7, 11) is 0. The minimum absolute atomic E-state index is 0.475. The normalized spacial score (nSPS) is 31.7. The molecule has 0 amide bonds. The third kappa shape index (κ3) is 4.22. The monoisotopic (exact) mass is 254 g/mol. The van der Waals surface area contributed by atoms with Crippen LogP contribution in [0.25, 0.3) is 0 Å². The van der Waals surface area contributed by atoms with Crippen LogP contribution in [0, 0.1) is 5.92 Å². The molecule has 0 spiro atoms.